The van der Waals surface area contributed by atoms with Gasteiger partial charge in [-0.2, -0.15) is 0 Å². The lowest BCUT2D eigenvalue weighted by Crippen LogP contribution is -2.34. The average Bonchev–Trinajstić information content (AvgIpc) is 2.21. The normalized spacial score (nSPS) is 12.9. The van der Waals surface area contributed by atoms with Crippen molar-refractivity contribution in [1.29, 1.82) is 0 Å². The Hall–Kier alpha value is 0. The SMILES string of the molecule is CCC(CC)C(C)(CC)C(CC)CC. The highest BCUT2D eigenvalue weighted by Crippen LogP contribution is 2.45. The molecule has 0 fully saturated rings. The lowest BCUT2D eigenvalue weighted by atomic mass is 9.63. The third-order valence-corrected chi connectivity index (χ3v) is 4.60. The summed E-state index contributed by atoms with van der Waals surface area (Å²) in [6.45, 7) is 14.3. The smallest absolute Gasteiger partial charge is 0.0272 e. The van der Waals surface area contributed by atoms with E-state index >= 15 is 0 Å². The highest BCUT2D eigenvalue weighted by molar-refractivity contribution is 4.85. The average molecular weight is 198 g/mol. The zero-order valence-electron chi connectivity index (χ0n) is 11.2. The molecule has 86 valence electrons. The van der Waals surface area contributed by atoms with Gasteiger partial charge in [-0.05, 0) is 17.3 Å². The van der Waals surface area contributed by atoms with E-state index in [0.717, 1.165) is 11.8 Å². The van der Waals surface area contributed by atoms with Gasteiger partial charge in [-0.25, -0.2) is 0 Å². The maximum absolute atomic E-state index is 2.52. The Morgan fingerprint density at radius 3 is 1.14 bits per heavy atom. The first-order valence-electron chi connectivity index (χ1n) is 6.60. The van der Waals surface area contributed by atoms with Crippen LogP contribution in [0.3, 0.4) is 0 Å². The van der Waals surface area contributed by atoms with Crippen molar-refractivity contribution in [2.75, 3.05) is 0 Å². The summed E-state index contributed by atoms with van der Waals surface area (Å²) in [6, 6.07) is 0. The van der Waals surface area contributed by atoms with E-state index in [2.05, 4.69) is 41.5 Å². The molecule has 0 saturated carbocycles. The summed E-state index contributed by atoms with van der Waals surface area (Å²) >= 11 is 0. The molecule has 0 rings (SSSR count). The van der Waals surface area contributed by atoms with E-state index in [4.69, 9.17) is 0 Å². The molecule has 0 bridgehead atoms. The lowest BCUT2D eigenvalue weighted by Gasteiger charge is -2.43. The van der Waals surface area contributed by atoms with E-state index in [-0.39, 0.29) is 0 Å². The molecule has 0 spiro atoms. The van der Waals surface area contributed by atoms with Crippen molar-refractivity contribution in [3.63, 3.8) is 0 Å². The molecular weight excluding hydrogens is 168 g/mol. The van der Waals surface area contributed by atoms with Gasteiger partial charge in [-0.3, -0.25) is 0 Å². The summed E-state index contributed by atoms with van der Waals surface area (Å²) in [6.07, 6.45) is 6.72. The molecule has 0 aromatic rings. The van der Waals surface area contributed by atoms with Gasteiger partial charge in [0.15, 0.2) is 0 Å². The molecule has 0 aliphatic heterocycles. The molecule has 0 nitrogen and oxygen atoms in total. The third kappa shape index (κ3) is 2.74. The second kappa shape index (κ2) is 6.48. The summed E-state index contributed by atoms with van der Waals surface area (Å²) in [5.41, 5.74) is 0.576. The molecular formula is C14H30. The second-order valence-electron chi connectivity index (χ2n) is 4.89. The first-order chi connectivity index (χ1) is 6.60. The highest BCUT2D eigenvalue weighted by atomic mass is 14.4. The van der Waals surface area contributed by atoms with Crippen LogP contribution in [0.5, 0.6) is 0 Å². The van der Waals surface area contributed by atoms with Crippen LogP contribution in [0.4, 0.5) is 0 Å². The van der Waals surface area contributed by atoms with Gasteiger partial charge in [-0.1, -0.05) is 73.6 Å². The Balaban J connectivity index is 4.72. The van der Waals surface area contributed by atoms with Crippen molar-refractivity contribution >= 4 is 0 Å². The first-order valence-corrected chi connectivity index (χ1v) is 6.60. The van der Waals surface area contributed by atoms with Crippen LogP contribution in [0.15, 0.2) is 0 Å². The Kier molecular flexibility index (Phi) is 6.48. The molecule has 0 aliphatic rings. The van der Waals surface area contributed by atoms with Gasteiger partial charge in [0.25, 0.3) is 0 Å². The van der Waals surface area contributed by atoms with Crippen LogP contribution in [-0.2, 0) is 0 Å². The van der Waals surface area contributed by atoms with Crippen LogP contribution in [-0.4, -0.2) is 0 Å². The maximum atomic E-state index is 2.52. The molecule has 0 heteroatoms. The maximum Gasteiger partial charge on any atom is -0.0272 e. The molecule has 0 aromatic carbocycles. The molecule has 0 aliphatic carbocycles. The number of hydrogen-bond donors (Lipinski definition) is 0. The molecule has 0 heterocycles. The van der Waals surface area contributed by atoms with Crippen LogP contribution in [0, 0.1) is 17.3 Å². The molecule has 14 heavy (non-hydrogen) atoms. The largest absolute Gasteiger partial charge is 0.0651 e. The second-order valence-corrected chi connectivity index (χ2v) is 4.89. The quantitative estimate of drug-likeness (QED) is 0.522. The molecule has 0 radical (unpaired) electrons. The summed E-state index contributed by atoms with van der Waals surface area (Å²) in [4.78, 5) is 0. The van der Waals surface area contributed by atoms with Crippen LogP contribution in [0.2, 0.25) is 0 Å². The van der Waals surface area contributed by atoms with Gasteiger partial charge in [-0.15, -0.1) is 0 Å². The third-order valence-electron chi connectivity index (χ3n) is 4.60. The van der Waals surface area contributed by atoms with E-state index in [1.54, 1.807) is 0 Å². The van der Waals surface area contributed by atoms with E-state index in [9.17, 15) is 0 Å². The minimum Gasteiger partial charge on any atom is -0.0651 e. The molecule has 0 N–H and O–H groups in total. The van der Waals surface area contributed by atoms with Crippen LogP contribution in [0.1, 0.15) is 73.6 Å². The van der Waals surface area contributed by atoms with E-state index in [0.29, 0.717) is 5.41 Å². The van der Waals surface area contributed by atoms with Crippen molar-refractivity contribution < 1.29 is 0 Å². The predicted molar refractivity (Wildman–Crippen MR) is 66.5 cm³/mol. The standard InChI is InChI=1S/C14H30/c1-7-12(8-2)14(6,11-5)13(9-3)10-4/h12-13H,7-11H2,1-6H3. The fourth-order valence-corrected chi connectivity index (χ4v) is 3.35. The van der Waals surface area contributed by atoms with Crippen LogP contribution in [0.25, 0.3) is 0 Å². The van der Waals surface area contributed by atoms with E-state index in [1.165, 1.54) is 32.1 Å². The van der Waals surface area contributed by atoms with Crippen molar-refractivity contribution in [3.8, 4) is 0 Å². The Bertz CT molecular complexity index is 117. The Morgan fingerprint density at radius 2 is 1.00 bits per heavy atom. The van der Waals surface area contributed by atoms with Crippen LogP contribution >= 0.6 is 0 Å². The molecule has 0 saturated heterocycles. The summed E-state index contributed by atoms with van der Waals surface area (Å²) in [5, 5.41) is 0. The fourth-order valence-electron chi connectivity index (χ4n) is 3.35. The predicted octanol–water partition coefficient (Wildman–Crippen LogP) is 5.28. The molecule has 0 aromatic heterocycles. The zero-order valence-corrected chi connectivity index (χ0v) is 11.2. The molecule has 0 amide bonds. The fraction of sp³-hybridized carbons (Fsp3) is 1.00. The Morgan fingerprint density at radius 1 is 0.714 bits per heavy atom. The summed E-state index contributed by atoms with van der Waals surface area (Å²) in [7, 11) is 0. The van der Waals surface area contributed by atoms with Gasteiger partial charge in [0.2, 0.25) is 0 Å². The minimum atomic E-state index is 0.576. The number of rotatable bonds is 7. The number of hydrogen-bond acceptors (Lipinski definition) is 0. The van der Waals surface area contributed by atoms with Gasteiger partial charge in [0.1, 0.15) is 0 Å². The molecule has 0 unspecified atom stereocenters. The zero-order chi connectivity index (χ0) is 11.2. The Labute approximate surface area is 91.5 Å². The van der Waals surface area contributed by atoms with Crippen molar-refractivity contribution in [2.24, 2.45) is 17.3 Å². The van der Waals surface area contributed by atoms with Crippen molar-refractivity contribution in [1.82, 2.24) is 0 Å². The first kappa shape index (κ1) is 14.0. The monoisotopic (exact) mass is 198 g/mol. The van der Waals surface area contributed by atoms with E-state index in [1.807, 2.05) is 0 Å². The van der Waals surface area contributed by atoms with Crippen molar-refractivity contribution in [2.45, 2.75) is 73.6 Å². The topological polar surface area (TPSA) is 0 Å². The van der Waals surface area contributed by atoms with Gasteiger partial charge < -0.3 is 0 Å². The van der Waals surface area contributed by atoms with E-state index < -0.39 is 0 Å². The van der Waals surface area contributed by atoms with Gasteiger partial charge in [0.05, 0.1) is 0 Å². The highest BCUT2D eigenvalue weighted by Gasteiger charge is 2.35. The van der Waals surface area contributed by atoms with Gasteiger partial charge >= 0.3 is 0 Å². The van der Waals surface area contributed by atoms with Gasteiger partial charge in [0, 0.05) is 0 Å². The van der Waals surface area contributed by atoms with Crippen LogP contribution < -0.4 is 0 Å². The lowest BCUT2D eigenvalue weighted by molar-refractivity contribution is 0.0720. The summed E-state index contributed by atoms with van der Waals surface area (Å²) in [5.74, 6) is 1.83. The minimum absolute atomic E-state index is 0.576. The summed E-state index contributed by atoms with van der Waals surface area (Å²) < 4.78 is 0. The van der Waals surface area contributed by atoms with Crippen molar-refractivity contribution in [3.05, 3.63) is 0 Å². The molecule has 0 atom stereocenters.